The summed E-state index contributed by atoms with van der Waals surface area (Å²) in [6.45, 7) is 2.00. The van der Waals surface area contributed by atoms with Crippen molar-refractivity contribution in [3.63, 3.8) is 0 Å². The van der Waals surface area contributed by atoms with Crippen LogP contribution in [0.1, 0.15) is 13.3 Å². The van der Waals surface area contributed by atoms with E-state index in [1.807, 2.05) is 6.92 Å². The molecule has 0 N–H and O–H groups in total. The molecule has 0 saturated carbocycles. The Bertz CT molecular complexity index is 180. The summed E-state index contributed by atoms with van der Waals surface area (Å²) in [4.78, 5) is 0. The van der Waals surface area contributed by atoms with Gasteiger partial charge in [-0.25, -0.2) is 0 Å². The minimum Gasteiger partial charge on any atom is -0.260 e. The first-order valence-corrected chi connectivity index (χ1v) is 4.48. The predicted molar refractivity (Wildman–Crippen MR) is 39.4 cm³/mol. The van der Waals surface area contributed by atoms with Gasteiger partial charge >= 0.3 is 0 Å². The maximum Gasteiger partial charge on any atom is 0.0407 e. The third-order valence-electron chi connectivity index (χ3n) is 1.71. The van der Waals surface area contributed by atoms with Gasteiger partial charge in [0.05, 0.1) is 0 Å². The molecule has 2 atom stereocenters. The van der Waals surface area contributed by atoms with Crippen LogP contribution in [0.4, 0.5) is 0 Å². The SMILES string of the molecule is C#CC1(C)CCS(=O)C1. The summed E-state index contributed by atoms with van der Waals surface area (Å²) < 4.78 is 10.8. The van der Waals surface area contributed by atoms with Gasteiger partial charge in [0, 0.05) is 27.7 Å². The van der Waals surface area contributed by atoms with Crippen LogP contribution in [0, 0.1) is 17.8 Å². The van der Waals surface area contributed by atoms with Crippen LogP contribution >= 0.6 is 0 Å². The van der Waals surface area contributed by atoms with Crippen molar-refractivity contribution in [1.82, 2.24) is 0 Å². The third kappa shape index (κ3) is 1.34. The summed E-state index contributed by atoms with van der Waals surface area (Å²) in [5.74, 6) is 4.17. The van der Waals surface area contributed by atoms with Crippen molar-refractivity contribution in [3.05, 3.63) is 0 Å². The van der Waals surface area contributed by atoms with Crippen molar-refractivity contribution in [1.29, 1.82) is 0 Å². The lowest BCUT2D eigenvalue weighted by Crippen LogP contribution is -2.12. The number of hydrogen-bond donors (Lipinski definition) is 0. The van der Waals surface area contributed by atoms with E-state index in [2.05, 4.69) is 5.92 Å². The molecule has 1 saturated heterocycles. The van der Waals surface area contributed by atoms with Gasteiger partial charge in [-0.3, -0.25) is 4.21 Å². The van der Waals surface area contributed by atoms with Crippen LogP contribution in [0.2, 0.25) is 0 Å². The quantitative estimate of drug-likeness (QED) is 0.457. The van der Waals surface area contributed by atoms with Gasteiger partial charge in [0.1, 0.15) is 0 Å². The van der Waals surface area contributed by atoms with E-state index in [0.29, 0.717) is 5.75 Å². The van der Waals surface area contributed by atoms with Crippen molar-refractivity contribution in [3.8, 4) is 12.3 Å². The van der Waals surface area contributed by atoms with Crippen LogP contribution in [0.25, 0.3) is 0 Å². The highest BCUT2D eigenvalue weighted by Gasteiger charge is 2.30. The van der Waals surface area contributed by atoms with Gasteiger partial charge in [-0.05, 0) is 13.3 Å². The first-order chi connectivity index (χ1) is 4.16. The molecule has 1 heterocycles. The minimum atomic E-state index is -0.635. The largest absolute Gasteiger partial charge is 0.260 e. The molecule has 1 rings (SSSR count). The maximum absolute atomic E-state index is 10.8. The van der Waals surface area contributed by atoms with Crippen molar-refractivity contribution >= 4 is 10.8 Å². The summed E-state index contributed by atoms with van der Waals surface area (Å²) in [5, 5.41) is 0. The van der Waals surface area contributed by atoms with Gasteiger partial charge in [0.2, 0.25) is 0 Å². The standard InChI is InChI=1S/C7H10OS/c1-3-7(2)4-5-9(8)6-7/h1H,4-6H2,2H3. The molecule has 0 amide bonds. The third-order valence-corrected chi connectivity index (χ3v) is 3.33. The number of rotatable bonds is 0. The maximum atomic E-state index is 10.8. The summed E-state index contributed by atoms with van der Waals surface area (Å²) in [6, 6.07) is 0. The fourth-order valence-electron chi connectivity index (χ4n) is 0.953. The molecule has 0 aromatic carbocycles. The topological polar surface area (TPSA) is 17.1 Å². The van der Waals surface area contributed by atoms with Gasteiger partial charge in [0.15, 0.2) is 0 Å². The molecule has 0 spiro atoms. The molecule has 0 bridgehead atoms. The van der Waals surface area contributed by atoms with Crippen molar-refractivity contribution in [2.24, 2.45) is 5.41 Å². The van der Waals surface area contributed by atoms with Crippen LogP contribution in [0.15, 0.2) is 0 Å². The molecule has 2 heteroatoms. The van der Waals surface area contributed by atoms with Crippen molar-refractivity contribution < 1.29 is 4.21 Å². The Labute approximate surface area is 58.3 Å². The molecule has 50 valence electrons. The molecule has 2 unspecified atom stereocenters. The molecule has 0 aromatic rings. The zero-order chi connectivity index (χ0) is 6.91. The second-order valence-electron chi connectivity index (χ2n) is 2.74. The molecular formula is C7H10OS. The van der Waals surface area contributed by atoms with Crippen LogP contribution < -0.4 is 0 Å². The monoisotopic (exact) mass is 142 g/mol. The Balaban J connectivity index is 2.68. The van der Waals surface area contributed by atoms with E-state index in [4.69, 9.17) is 6.42 Å². The lowest BCUT2D eigenvalue weighted by molar-refractivity contribution is 0.520. The average molecular weight is 142 g/mol. The van der Waals surface area contributed by atoms with Crippen LogP contribution in [-0.2, 0) is 10.8 Å². The fraction of sp³-hybridized carbons (Fsp3) is 0.714. The van der Waals surface area contributed by atoms with Crippen LogP contribution in [0.5, 0.6) is 0 Å². The highest BCUT2D eigenvalue weighted by Crippen LogP contribution is 2.28. The highest BCUT2D eigenvalue weighted by atomic mass is 32.2. The second kappa shape index (κ2) is 2.15. The minimum absolute atomic E-state index is 0.0646. The van der Waals surface area contributed by atoms with E-state index in [-0.39, 0.29) is 5.41 Å². The summed E-state index contributed by atoms with van der Waals surface area (Å²) in [7, 11) is -0.635. The smallest absolute Gasteiger partial charge is 0.0407 e. The lowest BCUT2D eigenvalue weighted by Gasteiger charge is -2.11. The molecule has 1 aliphatic rings. The van der Waals surface area contributed by atoms with E-state index in [9.17, 15) is 4.21 Å². The summed E-state index contributed by atoms with van der Waals surface area (Å²) in [5.41, 5.74) is -0.0646. The molecule has 1 fully saturated rings. The molecule has 9 heavy (non-hydrogen) atoms. The molecule has 0 aromatic heterocycles. The van der Waals surface area contributed by atoms with E-state index in [1.54, 1.807) is 0 Å². The molecule has 0 radical (unpaired) electrons. The first kappa shape index (κ1) is 6.82. The van der Waals surface area contributed by atoms with Crippen molar-refractivity contribution in [2.75, 3.05) is 11.5 Å². The van der Waals surface area contributed by atoms with Gasteiger partial charge in [-0.1, -0.05) is 5.92 Å². The van der Waals surface area contributed by atoms with Gasteiger partial charge in [-0.15, -0.1) is 6.42 Å². The normalized spacial score (nSPS) is 42.4. The zero-order valence-corrected chi connectivity index (χ0v) is 6.33. The lowest BCUT2D eigenvalue weighted by atomic mass is 9.92. The molecule has 1 nitrogen and oxygen atoms in total. The Kier molecular flexibility index (Phi) is 1.63. The number of hydrogen-bond acceptors (Lipinski definition) is 1. The highest BCUT2D eigenvalue weighted by molar-refractivity contribution is 7.85. The molecule has 1 aliphatic heterocycles. The first-order valence-electron chi connectivity index (χ1n) is 2.99. The summed E-state index contributed by atoms with van der Waals surface area (Å²) >= 11 is 0. The Morgan fingerprint density at radius 3 is 2.67 bits per heavy atom. The second-order valence-corrected chi connectivity index (χ2v) is 4.32. The van der Waals surface area contributed by atoms with E-state index >= 15 is 0 Å². The van der Waals surface area contributed by atoms with Gasteiger partial charge < -0.3 is 0 Å². The van der Waals surface area contributed by atoms with E-state index < -0.39 is 10.8 Å². The zero-order valence-electron chi connectivity index (χ0n) is 5.52. The fourth-order valence-corrected chi connectivity index (χ4v) is 2.71. The number of terminal acetylenes is 1. The molecular weight excluding hydrogens is 132 g/mol. The molecule has 0 aliphatic carbocycles. The van der Waals surface area contributed by atoms with Gasteiger partial charge in [0.25, 0.3) is 0 Å². The summed E-state index contributed by atoms with van der Waals surface area (Å²) in [6.07, 6.45) is 6.17. The Morgan fingerprint density at radius 2 is 2.44 bits per heavy atom. The van der Waals surface area contributed by atoms with Gasteiger partial charge in [-0.2, -0.15) is 0 Å². The predicted octanol–water partition coefficient (Wildman–Crippen LogP) is 0.778. The van der Waals surface area contributed by atoms with Crippen LogP contribution in [0.3, 0.4) is 0 Å². The Morgan fingerprint density at radius 1 is 1.78 bits per heavy atom. The van der Waals surface area contributed by atoms with Crippen LogP contribution in [-0.4, -0.2) is 15.7 Å². The van der Waals surface area contributed by atoms with Crippen molar-refractivity contribution in [2.45, 2.75) is 13.3 Å². The van der Waals surface area contributed by atoms with E-state index in [0.717, 1.165) is 12.2 Å². The average Bonchev–Trinajstić information content (AvgIpc) is 2.13. The Hall–Kier alpha value is -0.290. The van der Waals surface area contributed by atoms with E-state index in [1.165, 1.54) is 0 Å².